The number of fused-ring (bicyclic) bond motifs is 1. The van der Waals surface area contributed by atoms with Gasteiger partial charge in [0.05, 0.1) is 27.5 Å². The topological polar surface area (TPSA) is 144 Å². The third kappa shape index (κ3) is 7.46. The van der Waals surface area contributed by atoms with Crippen molar-refractivity contribution in [3.05, 3.63) is 88.3 Å². The van der Waals surface area contributed by atoms with Crippen molar-refractivity contribution in [3.8, 4) is 11.3 Å². The molecule has 11 heteroatoms. The molecule has 5 rings (SSSR count). The van der Waals surface area contributed by atoms with E-state index < -0.39 is 11.0 Å². The number of rotatable bonds is 6. The fourth-order valence-electron chi connectivity index (χ4n) is 3.55. The highest BCUT2D eigenvalue weighted by molar-refractivity contribution is 7.82. The first-order valence-corrected chi connectivity index (χ1v) is 14.4. The third-order valence-electron chi connectivity index (χ3n) is 5.49. The SMILES string of the molecule is CC.CC(CO)c1ccnc(-c2cccc3cc(Cc4nc(N)ccc4Cl)sc23)c1.NS(=O)c1cn[nH]c1. The van der Waals surface area contributed by atoms with Gasteiger partial charge in [0, 0.05) is 46.5 Å². The van der Waals surface area contributed by atoms with Gasteiger partial charge in [-0.05, 0) is 41.3 Å². The van der Waals surface area contributed by atoms with E-state index in [1.807, 2.05) is 32.9 Å². The lowest BCUT2D eigenvalue weighted by Crippen LogP contribution is -2.00. The van der Waals surface area contributed by atoms with E-state index in [0.29, 0.717) is 22.2 Å². The summed E-state index contributed by atoms with van der Waals surface area (Å²) >= 11 is 8.01. The molecule has 0 aliphatic rings. The van der Waals surface area contributed by atoms with Gasteiger partial charge in [-0.1, -0.05) is 50.6 Å². The van der Waals surface area contributed by atoms with Gasteiger partial charge < -0.3 is 10.8 Å². The molecule has 8 nitrogen and oxygen atoms in total. The number of nitrogen functional groups attached to an aromatic ring is 1. The summed E-state index contributed by atoms with van der Waals surface area (Å²) < 4.78 is 11.5. The van der Waals surface area contributed by atoms with Crippen molar-refractivity contribution in [3.63, 3.8) is 0 Å². The Morgan fingerprint density at radius 3 is 2.63 bits per heavy atom. The molecular formula is C27H31ClN6O2S2. The minimum atomic E-state index is -1.39. The highest BCUT2D eigenvalue weighted by Crippen LogP contribution is 2.36. The zero-order valence-corrected chi connectivity index (χ0v) is 23.8. The fourth-order valence-corrected chi connectivity index (χ4v) is 5.23. The molecule has 0 aliphatic heterocycles. The molecule has 1 aromatic carbocycles. The van der Waals surface area contributed by atoms with Crippen molar-refractivity contribution < 1.29 is 9.32 Å². The van der Waals surface area contributed by atoms with Crippen LogP contribution in [-0.4, -0.2) is 36.1 Å². The van der Waals surface area contributed by atoms with E-state index in [4.69, 9.17) is 22.5 Å². The van der Waals surface area contributed by atoms with Crippen LogP contribution in [0.3, 0.4) is 0 Å². The van der Waals surface area contributed by atoms with E-state index in [2.05, 4.69) is 44.4 Å². The van der Waals surface area contributed by atoms with Crippen molar-refractivity contribution in [2.75, 3.05) is 12.3 Å². The molecule has 0 bridgehead atoms. The van der Waals surface area contributed by atoms with Crippen molar-refractivity contribution in [2.45, 2.75) is 38.0 Å². The predicted molar refractivity (Wildman–Crippen MR) is 158 cm³/mol. The number of aromatic amines is 1. The fraction of sp³-hybridized carbons (Fsp3) is 0.222. The number of pyridine rings is 2. The molecule has 0 saturated heterocycles. The van der Waals surface area contributed by atoms with Crippen LogP contribution in [0.25, 0.3) is 21.3 Å². The first-order valence-electron chi connectivity index (χ1n) is 12.0. The van der Waals surface area contributed by atoms with Crippen molar-refractivity contribution in [2.24, 2.45) is 5.14 Å². The highest BCUT2D eigenvalue weighted by atomic mass is 35.5. The molecule has 0 saturated carbocycles. The molecule has 6 N–H and O–H groups in total. The zero-order valence-electron chi connectivity index (χ0n) is 21.4. The lowest BCUT2D eigenvalue weighted by molar-refractivity contribution is 0.273. The Morgan fingerprint density at radius 1 is 1.18 bits per heavy atom. The molecule has 4 heterocycles. The van der Waals surface area contributed by atoms with Crippen LogP contribution < -0.4 is 10.9 Å². The summed E-state index contributed by atoms with van der Waals surface area (Å²) in [7, 11) is -1.39. The summed E-state index contributed by atoms with van der Waals surface area (Å²) in [6.07, 6.45) is 5.37. The third-order valence-corrected chi connectivity index (χ3v) is 7.70. The number of nitrogens with one attached hydrogen (secondary N) is 1. The van der Waals surface area contributed by atoms with E-state index in [1.165, 1.54) is 27.4 Å². The molecule has 0 aliphatic carbocycles. The van der Waals surface area contributed by atoms with Crippen LogP contribution in [-0.2, 0) is 17.4 Å². The lowest BCUT2D eigenvalue weighted by atomic mass is 10.0. The van der Waals surface area contributed by atoms with Gasteiger partial charge in [0.25, 0.3) is 0 Å². The highest BCUT2D eigenvalue weighted by Gasteiger charge is 2.13. The number of nitrogens with zero attached hydrogens (tertiary/aromatic N) is 3. The van der Waals surface area contributed by atoms with Crippen LogP contribution in [0.1, 0.15) is 42.8 Å². The van der Waals surface area contributed by atoms with Crippen molar-refractivity contribution in [1.29, 1.82) is 0 Å². The summed E-state index contributed by atoms with van der Waals surface area (Å²) in [5.41, 5.74) is 9.68. The maximum Gasteiger partial charge on any atom is 0.125 e. The van der Waals surface area contributed by atoms with Crippen molar-refractivity contribution in [1.82, 2.24) is 20.2 Å². The summed E-state index contributed by atoms with van der Waals surface area (Å²) in [6.45, 7) is 6.12. The number of hydrogen-bond acceptors (Lipinski definition) is 7. The normalized spacial score (nSPS) is 12.2. The first-order chi connectivity index (χ1) is 18.4. The number of thiophene rings is 1. The molecule has 5 aromatic rings. The van der Waals surface area contributed by atoms with Crippen LogP contribution in [0.15, 0.2) is 72.0 Å². The summed E-state index contributed by atoms with van der Waals surface area (Å²) in [5.74, 6) is 0.553. The van der Waals surface area contributed by atoms with E-state index in [9.17, 15) is 9.32 Å². The monoisotopic (exact) mass is 570 g/mol. The Morgan fingerprint density at radius 2 is 1.97 bits per heavy atom. The molecule has 2 atom stereocenters. The number of aliphatic hydroxyl groups is 1. The van der Waals surface area contributed by atoms with Crippen LogP contribution in [0.4, 0.5) is 5.82 Å². The van der Waals surface area contributed by atoms with Crippen LogP contribution in [0.5, 0.6) is 0 Å². The van der Waals surface area contributed by atoms with Gasteiger partial charge in [0.1, 0.15) is 16.8 Å². The molecule has 38 heavy (non-hydrogen) atoms. The van der Waals surface area contributed by atoms with E-state index in [0.717, 1.165) is 22.5 Å². The van der Waals surface area contributed by atoms with E-state index in [-0.39, 0.29) is 12.5 Å². The van der Waals surface area contributed by atoms with E-state index >= 15 is 0 Å². The average Bonchev–Trinajstić information content (AvgIpc) is 3.62. The van der Waals surface area contributed by atoms with Gasteiger partial charge in [0.15, 0.2) is 0 Å². The summed E-state index contributed by atoms with van der Waals surface area (Å²) in [5, 5.41) is 22.3. The number of nitrogens with two attached hydrogens (primary N) is 2. The molecule has 4 aromatic heterocycles. The molecule has 0 amide bonds. The van der Waals surface area contributed by atoms with Gasteiger partial charge in [-0.15, -0.1) is 11.3 Å². The minimum absolute atomic E-state index is 0.0802. The summed E-state index contributed by atoms with van der Waals surface area (Å²) in [4.78, 5) is 10.6. The second-order valence-corrected chi connectivity index (χ2v) is 10.7. The summed E-state index contributed by atoms with van der Waals surface area (Å²) in [6, 6.07) is 15.9. The molecular weight excluding hydrogens is 540 g/mol. The van der Waals surface area contributed by atoms with Gasteiger partial charge in [-0.3, -0.25) is 10.1 Å². The maximum absolute atomic E-state index is 10.3. The van der Waals surface area contributed by atoms with Crippen LogP contribution >= 0.6 is 22.9 Å². The molecule has 200 valence electrons. The number of benzene rings is 1. The second-order valence-electron chi connectivity index (χ2n) is 8.07. The first kappa shape index (κ1) is 29.4. The minimum Gasteiger partial charge on any atom is -0.396 e. The Bertz CT molecular complexity index is 1490. The van der Waals surface area contributed by atoms with Gasteiger partial charge in [-0.25, -0.2) is 14.3 Å². The van der Waals surface area contributed by atoms with E-state index in [1.54, 1.807) is 29.7 Å². The molecule has 0 radical (unpaired) electrons. The van der Waals surface area contributed by atoms with Gasteiger partial charge >= 0.3 is 0 Å². The Balaban J connectivity index is 0.000000339. The zero-order chi connectivity index (χ0) is 27.7. The Kier molecular flexibility index (Phi) is 10.9. The maximum atomic E-state index is 10.3. The Labute approximate surface area is 233 Å². The number of hydrogen-bond donors (Lipinski definition) is 4. The largest absolute Gasteiger partial charge is 0.396 e. The molecule has 0 fully saturated rings. The Hall–Kier alpha value is -3.15. The smallest absolute Gasteiger partial charge is 0.125 e. The van der Waals surface area contributed by atoms with Crippen molar-refractivity contribution >= 4 is 49.8 Å². The van der Waals surface area contributed by atoms with Gasteiger partial charge in [0.2, 0.25) is 0 Å². The quantitative estimate of drug-likeness (QED) is 0.206. The van der Waals surface area contributed by atoms with Crippen LogP contribution in [0.2, 0.25) is 5.02 Å². The van der Waals surface area contributed by atoms with Crippen LogP contribution in [0, 0.1) is 0 Å². The number of aliphatic hydroxyl groups excluding tert-OH is 1. The number of aromatic nitrogens is 4. The number of H-pyrrole nitrogens is 1. The predicted octanol–water partition coefficient (Wildman–Crippen LogP) is 5.70. The standard InChI is InChI=1S/C22H20ClN3OS.C3H5N3OS.C2H6/c1-13(12-27)14-7-8-25-19(10-14)17-4-2-3-15-9-16(28-22(15)17)11-20-18(23)5-6-21(24)26-20;4-8(7)3-1-5-6-2-3;1-2/h2-10,13,27H,11-12H2,1H3,(H2,24,26);1-2H,4H2,(H,5,6);1-2H3. The second kappa shape index (κ2) is 14.1. The average molecular weight is 571 g/mol. The van der Waals surface area contributed by atoms with Gasteiger partial charge in [-0.2, -0.15) is 5.10 Å². The number of halogens is 1. The number of anilines is 1. The molecule has 2 unspecified atom stereocenters. The molecule has 0 spiro atoms. The lowest BCUT2D eigenvalue weighted by Gasteiger charge is -2.10.